The summed E-state index contributed by atoms with van der Waals surface area (Å²) in [6.45, 7) is 4.13. The molecule has 0 aliphatic rings. The van der Waals surface area contributed by atoms with E-state index in [1.54, 1.807) is 0 Å². The van der Waals surface area contributed by atoms with E-state index in [9.17, 15) is 4.79 Å². The molecule has 0 atom stereocenters. The number of rotatable bonds is 4. The number of para-hydroxylation sites is 1. The van der Waals surface area contributed by atoms with Crippen LogP contribution in [0.2, 0.25) is 0 Å². The Bertz CT molecular complexity index is 559. The van der Waals surface area contributed by atoms with E-state index in [2.05, 4.69) is 32.8 Å². The second-order valence-corrected chi connectivity index (χ2v) is 4.95. The lowest BCUT2D eigenvalue weighted by Crippen LogP contribution is -2.25. The van der Waals surface area contributed by atoms with E-state index in [-0.39, 0.29) is 5.91 Å². The van der Waals surface area contributed by atoms with Gasteiger partial charge in [-0.15, -0.1) is 0 Å². The molecule has 0 saturated carbocycles. The Kier molecular flexibility index (Phi) is 3.64. The maximum Gasteiger partial charge on any atom is 0.224 e. The van der Waals surface area contributed by atoms with Crippen LogP contribution in [0.3, 0.4) is 0 Å². The van der Waals surface area contributed by atoms with Gasteiger partial charge < -0.3 is 10.3 Å². The zero-order valence-electron chi connectivity index (χ0n) is 9.29. The first-order valence-electron chi connectivity index (χ1n) is 5.32. The molecule has 1 amide bonds. The van der Waals surface area contributed by atoms with Crippen molar-refractivity contribution in [3.63, 3.8) is 0 Å². The normalized spacial score (nSPS) is 10.4. The van der Waals surface area contributed by atoms with E-state index in [1.807, 2.05) is 30.5 Å². The number of benzene rings is 1. The van der Waals surface area contributed by atoms with Crippen molar-refractivity contribution in [2.75, 3.05) is 6.54 Å². The van der Waals surface area contributed by atoms with E-state index in [4.69, 9.17) is 0 Å². The lowest BCUT2D eigenvalue weighted by Gasteiger charge is -2.03. The largest absolute Gasteiger partial charge is 0.361 e. The second kappa shape index (κ2) is 5.19. The standard InChI is InChI=1S/C13H13BrN2O/c1-9(14)7-16-13(17)6-10-8-15-12-5-3-2-4-11(10)12/h2-5,8,15H,1,6-7H2,(H,16,17). The number of halogens is 1. The molecule has 2 rings (SSSR count). The molecule has 3 nitrogen and oxygen atoms in total. The van der Waals surface area contributed by atoms with Crippen LogP contribution in [0.5, 0.6) is 0 Å². The SMILES string of the molecule is C=C(Br)CNC(=O)Cc1c[nH]c2ccccc12. The average Bonchev–Trinajstić information content (AvgIpc) is 2.70. The van der Waals surface area contributed by atoms with E-state index in [1.165, 1.54) is 0 Å². The fourth-order valence-electron chi connectivity index (χ4n) is 1.71. The lowest BCUT2D eigenvalue weighted by atomic mass is 10.1. The van der Waals surface area contributed by atoms with Gasteiger partial charge in [-0.1, -0.05) is 40.7 Å². The Hall–Kier alpha value is -1.55. The van der Waals surface area contributed by atoms with Gasteiger partial charge in [0.25, 0.3) is 0 Å². The van der Waals surface area contributed by atoms with Crippen LogP contribution in [0.4, 0.5) is 0 Å². The number of aromatic nitrogens is 1. The minimum absolute atomic E-state index is 0.00430. The molecular weight excluding hydrogens is 280 g/mol. The number of aromatic amines is 1. The Labute approximate surface area is 108 Å². The molecule has 88 valence electrons. The summed E-state index contributed by atoms with van der Waals surface area (Å²) in [5.74, 6) is -0.00430. The molecular formula is C13H13BrN2O. The molecule has 17 heavy (non-hydrogen) atoms. The van der Waals surface area contributed by atoms with Gasteiger partial charge in [0.1, 0.15) is 0 Å². The highest BCUT2D eigenvalue weighted by molar-refractivity contribution is 9.11. The number of nitrogens with one attached hydrogen (secondary N) is 2. The predicted octanol–water partition coefficient (Wildman–Crippen LogP) is 2.74. The molecule has 2 N–H and O–H groups in total. The van der Waals surface area contributed by atoms with Crippen molar-refractivity contribution in [3.05, 3.63) is 47.1 Å². The predicted molar refractivity (Wildman–Crippen MR) is 73.1 cm³/mol. The van der Waals surface area contributed by atoms with Crippen molar-refractivity contribution in [2.24, 2.45) is 0 Å². The lowest BCUT2D eigenvalue weighted by molar-refractivity contribution is -0.120. The molecule has 1 heterocycles. The fourth-order valence-corrected chi connectivity index (χ4v) is 1.85. The molecule has 0 aliphatic carbocycles. The van der Waals surface area contributed by atoms with Gasteiger partial charge in [-0.3, -0.25) is 4.79 Å². The summed E-state index contributed by atoms with van der Waals surface area (Å²) in [6.07, 6.45) is 2.26. The maximum absolute atomic E-state index is 11.7. The van der Waals surface area contributed by atoms with Gasteiger partial charge in [-0.25, -0.2) is 0 Å². The first-order valence-corrected chi connectivity index (χ1v) is 6.11. The highest BCUT2D eigenvalue weighted by Gasteiger charge is 2.07. The molecule has 0 saturated heterocycles. The van der Waals surface area contributed by atoms with Crippen LogP contribution in [0.1, 0.15) is 5.56 Å². The third-order valence-electron chi connectivity index (χ3n) is 2.50. The van der Waals surface area contributed by atoms with Gasteiger partial charge in [-0.05, 0) is 11.6 Å². The van der Waals surface area contributed by atoms with E-state index in [0.717, 1.165) is 20.9 Å². The molecule has 1 aromatic heterocycles. The van der Waals surface area contributed by atoms with Gasteiger partial charge in [0.2, 0.25) is 5.91 Å². The summed E-state index contributed by atoms with van der Waals surface area (Å²) in [4.78, 5) is 14.8. The van der Waals surface area contributed by atoms with E-state index < -0.39 is 0 Å². The Morgan fingerprint density at radius 3 is 2.94 bits per heavy atom. The highest BCUT2D eigenvalue weighted by atomic mass is 79.9. The zero-order chi connectivity index (χ0) is 12.3. The topological polar surface area (TPSA) is 44.9 Å². The van der Waals surface area contributed by atoms with Crippen LogP contribution >= 0.6 is 15.9 Å². The van der Waals surface area contributed by atoms with Crippen molar-refractivity contribution in [2.45, 2.75) is 6.42 Å². The van der Waals surface area contributed by atoms with Gasteiger partial charge in [0.05, 0.1) is 6.42 Å². The summed E-state index contributed by atoms with van der Waals surface area (Å²) < 4.78 is 0.768. The maximum atomic E-state index is 11.7. The monoisotopic (exact) mass is 292 g/mol. The molecule has 0 spiro atoms. The number of carbonyl (C=O) groups excluding carboxylic acids is 1. The number of amides is 1. The van der Waals surface area contributed by atoms with Crippen molar-refractivity contribution >= 4 is 32.7 Å². The number of hydrogen-bond donors (Lipinski definition) is 2. The van der Waals surface area contributed by atoms with E-state index in [0.29, 0.717) is 13.0 Å². The minimum Gasteiger partial charge on any atom is -0.361 e. The third-order valence-corrected chi connectivity index (χ3v) is 2.78. The Morgan fingerprint density at radius 2 is 2.18 bits per heavy atom. The van der Waals surface area contributed by atoms with Crippen LogP contribution in [-0.2, 0) is 11.2 Å². The van der Waals surface area contributed by atoms with Gasteiger partial charge in [-0.2, -0.15) is 0 Å². The molecule has 2 aromatic rings. The highest BCUT2D eigenvalue weighted by Crippen LogP contribution is 2.17. The van der Waals surface area contributed by atoms with Gasteiger partial charge in [0.15, 0.2) is 0 Å². The quantitative estimate of drug-likeness (QED) is 0.894. The smallest absolute Gasteiger partial charge is 0.224 e. The van der Waals surface area contributed by atoms with E-state index >= 15 is 0 Å². The molecule has 4 heteroatoms. The Morgan fingerprint density at radius 1 is 1.41 bits per heavy atom. The van der Waals surface area contributed by atoms with Crippen LogP contribution in [0, 0.1) is 0 Å². The van der Waals surface area contributed by atoms with Crippen LogP contribution in [0.15, 0.2) is 41.5 Å². The number of hydrogen-bond acceptors (Lipinski definition) is 1. The summed E-state index contributed by atoms with van der Waals surface area (Å²) in [7, 11) is 0. The molecule has 1 aromatic carbocycles. The van der Waals surface area contributed by atoms with Crippen molar-refractivity contribution < 1.29 is 4.79 Å². The van der Waals surface area contributed by atoms with Crippen molar-refractivity contribution in [1.82, 2.24) is 10.3 Å². The summed E-state index contributed by atoms with van der Waals surface area (Å²) in [6, 6.07) is 7.95. The first kappa shape index (κ1) is 11.9. The second-order valence-electron chi connectivity index (χ2n) is 3.83. The van der Waals surface area contributed by atoms with Gasteiger partial charge >= 0.3 is 0 Å². The third kappa shape index (κ3) is 2.97. The average molecular weight is 293 g/mol. The van der Waals surface area contributed by atoms with Crippen LogP contribution < -0.4 is 5.32 Å². The number of carbonyl (C=O) groups is 1. The number of fused-ring (bicyclic) bond motifs is 1. The number of H-pyrrole nitrogens is 1. The Balaban J connectivity index is 2.08. The first-order chi connectivity index (χ1) is 8.16. The molecule has 0 unspecified atom stereocenters. The summed E-state index contributed by atoms with van der Waals surface area (Å²) >= 11 is 3.21. The fraction of sp³-hybridized carbons (Fsp3) is 0.154. The summed E-state index contributed by atoms with van der Waals surface area (Å²) in [5, 5.41) is 3.88. The molecule has 0 aliphatic heterocycles. The van der Waals surface area contributed by atoms with Crippen molar-refractivity contribution in [1.29, 1.82) is 0 Å². The molecule has 0 fully saturated rings. The minimum atomic E-state index is -0.00430. The van der Waals surface area contributed by atoms with Crippen LogP contribution in [0.25, 0.3) is 10.9 Å². The molecule has 0 radical (unpaired) electrons. The summed E-state index contributed by atoms with van der Waals surface area (Å²) in [5.41, 5.74) is 2.07. The van der Waals surface area contributed by atoms with Gasteiger partial charge in [0, 0.05) is 28.1 Å². The van der Waals surface area contributed by atoms with Crippen molar-refractivity contribution in [3.8, 4) is 0 Å². The van der Waals surface area contributed by atoms with Crippen LogP contribution in [-0.4, -0.2) is 17.4 Å². The molecule has 0 bridgehead atoms. The zero-order valence-corrected chi connectivity index (χ0v) is 10.9.